The molecule has 1 N–H and O–H groups in total. The number of hydrogen-bond donors (Lipinski definition) is 1. The normalized spacial score (nSPS) is 46.9. The van der Waals surface area contributed by atoms with Crippen LogP contribution < -0.4 is 0 Å². The molecular weight excluding hydrogens is 212 g/mol. The third kappa shape index (κ3) is 1.17. The van der Waals surface area contributed by atoms with Gasteiger partial charge in [0.2, 0.25) is 0 Å². The minimum atomic E-state index is -0.194. The molecule has 2 fully saturated rings. The van der Waals surface area contributed by atoms with Crippen LogP contribution in [0.15, 0.2) is 11.6 Å². The highest BCUT2D eigenvalue weighted by Gasteiger charge is 2.67. The molecule has 0 heterocycles. The number of hydrogen-bond acceptors (Lipinski definition) is 2. The molecule has 0 amide bonds. The summed E-state index contributed by atoms with van der Waals surface area (Å²) in [5, 5.41) is 9.53. The minimum Gasteiger partial charge on any atom is -0.392 e. The first-order valence-electron chi connectivity index (χ1n) is 6.76. The first-order chi connectivity index (χ1) is 7.93. The Labute approximate surface area is 103 Å². The summed E-state index contributed by atoms with van der Waals surface area (Å²) >= 11 is 0. The number of rotatable bonds is 1. The van der Waals surface area contributed by atoms with E-state index in [0.29, 0.717) is 23.5 Å². The van der Waals surface area contributed by atoms with Crippen LogP contribution in [0.25, 0.3) is 0 Å². The van der Waals surface area contributed by atoms with Crippen molar-refractivity contribution in [2.24, 2.45) is 28.6 Å². The van der Waals surface area contributed by atoms with Crippen LogP contribution in [-0.2, 0) is 4.79 Å². The number of aliphatic hydroxyl groups excluding tert-OH is 1. The Bertz CT molecular complexity index is 407. The number of allylic oxidation sites excluding steroid dienone is 1. The average Bonchev–Trinajstić information content (AvgIpc) is 2.44. The quantitative estimate of drug-likeness (QED) is 0.708. The number of carbonyl (C=O) groups excluding carboxylic acids is 1. The van der Waals surface area contributed by atoms with Crippen LogP contribution >= 0.6 is 0 Å². The number of ketones is 1. The topological polar surface area (TPSA) is 37.3 Å². The van der Waals surface area contributed by atoms with Crippen LogP contribution in [0.2, 0.25) is 0 Å². The average molecular weight is 234 g/mol. The van der Waals surface area contributed by atoms with E-state index in [1.165, 1.54) is 5.57 Å². The molecule has 0 saturated heterocycles. The van der Waals surface area contributed by atoms with Gasteiger partial charge < -0.3 is 5.11 Å². The van der Waals surface area contributed by atoms with E-state index in [4.69, 9.17) is 0 Å². The van der Waals surface area contributed by atoms with Gasteiger partial charge in [-0.05, 0) is 41.6 Å². The second-order valence-corrected chi connectivity index (χ2v) is 6.93. The van der Waals surface area contributed by atoms with Gasteiger partial charge in [-0.1, -0.05) is 26.8 Å². The summed E-state index contributed by atoms with van der Waals surface area (Å²) in [5.74, 6) is 2.00. The first kappa shape index (κ1) is 11.5. The lowest BCUT2D eigenvalue weighted by atomic mass is 9.38. The molecule has 2 heteroatoms. The number of carbonyl (C=O) groups is 1. The maximum Gasteiger partial charge on any atom is 0.138 e. The second-order valence-electron chi connectivity index (χ2n) is 6.93. The lowest BCUT2D eigenvalue weighted by Crippen LogP contribution is -2.61. The third-order valence-electron chi connectivity index (χ3n) is 6.01. The summed E-state index contributed by atoms with van der Waals surface area (Å²) in [6.07, 6.45) is 5.02. The van der Waals surface area contributed by atoms with Gasteiger partial charge in [-0.2, -0.15) is 0 Å². The van der Waals surface area contributed by atoms with Crippen LogP contribution in [0.4, 0.5) is 0 Å². The molecule has 3 aliphatic carbocycles. The standard InChI is InChI=1S/C15H22O2/c1-14(2)11(17)6-7-15(3)10-5-4-9(8-16)12(15)13(10)14/h4,10,12-13,16H,5-8H2,1-3H3/t10?,12?,13?,15-/m1/s1. The molecule has 0 radical (unpaired) electrons. The Hall–Kier alpha value is -0.630. The van der Waals surface area contributed by atoms with Crippen molar-refractivity contribution in [1.29, 1.82) is 0 Å². The highest BCUT2D eigenvalue weighted by Crippen LogP contribution is 2.71. The largest absolute Gasteiger partial charge is 0.392 e. The Balaban J connectivity index is 2.08. The van der Waals surface area contributed by atoms with Crippen molar-refractivity contribution in [1.82, 2.24) is 0 Å². The van der Waals surface area contributed by atoms with Crippen molar-refractivity contribution in [2.45, 2.75) is 40.0 Å². The van der Waals surface area contributed by atoms with Crippen LogP contribution in [-0.4, -0.2) is 17.5 Å². The predicted molar refractivity (Wildman–Crippen MR) is 66.4 cm³/mol. The van der Waals surface area contributed by atoms with E-state index < -0.39 is 0 Å². The summed E-state index contributed by atoms with van der Waals surface area (Å²) in [6, 6.07) is 0. The molecule has 3 aliphatic rings. The van der Waals surface area contributed by atoms with Crippen LogP contribution in [0.5, 0.6) is 0 Å². The molecule has 0 aromatic rings. The van der Waals surface area contributed by atoms with E-state index in [-0.39, 0.29) is 17.4 Å². The van der Waals surface area contributed by atoms with Gasteiger partial charge in [-0.25, -0.2) is 0 Å². The lowest BCUT2D eigenvalue weighted by molar-refractivity contribution is -0.154. The Kier molecular flexibility index (Phi) is 2.17. The molecule has 3 unspecified atom stereocenters. The van der Waals surface area contributed by atoms with Gasteiger partial charge in [0.15, 0.2) is 0 Å². The fourth-order valence-corrected chi connectivity index (χ4v) is 4.95. The molecule has 0 spiro atoms. The van der Waals surface area contributed by atoms with Crippen molar-refractivity contribution >= 4 is 5.78 Å². The van der Waals surface area contributed by atoms with Crippen LogP contribution in [0, 0.1) is 28.6 Å². The summed E-state index contributed by atoms with van der Waals surface area (Å²) in [5.41, 5.74) is 1.28. The third-order valence-corrected chi connectivity index (χ3v) is 6.01. The van der Waals surface area contributed by atoms with Gasteiger partial charge in [-0.15, -0.1) is 0 Å². The summed E-state index contributed by atoms with van der Waals surface area (Å²) in [6.45, 7) is 6.74. The van der Waals surface area contributed by atoms with Gasteiger partial charge in [0.1, 0.15) is 5.78 Å². The van der Waals surface area contributed by atoms with Crippen molar-refractivity contribution in [3.63, 3.8) is 0 Å². The molecule has 2 nitrogen and oxygen atoms in total. The van der Waals surface area contributed by atoms with E-state index in [0.717, 1.165) is 19.3 Å². The highest BCUT2D eigenvalue weighted by molar-refractivity contribution is 5.85. The fourth-order valence-electron chi connectivity index (χ4n) is 4.95. The smallest absolute Gasteiger partial charge is 0.138 e. The number of fused-ring (bicyclic) bond motifs is 1. The molecule has 0 aromatic heterocycles. The Morgan fingerprint density at radius 1 is 1.41 bits per heavy atom. The first-order valence-corrected chi connectivity index (χ1v) is 6.76. The molecule has 4 bridgehead atoms. The monoisotopic (exact) mass is 234 g/mol. The molecule has 0 aromatic carbocycles. The van der Waals surface area contributed by atoms with Crippen LogP contribution in [0.3, 0.4) is 0 Å². The fraction of sp³-hybridized carbons (Fsp3) is 0.800. The second kappa shape index (κ2) is 3.23. The SMILES string of the molecule is CC1(C)C(=O)CC[C@]2(C)C3CC=C(CO)C2C31. The van der Waals surface area contributed by atoms with E-state index in [1.807, 2.05) is 0 Å². The maximum absolute atomic E-state index is 12.3. The molecule has 3 rings (SSSR count). The predicted octanol–water partition coefficient (Wildman–Crippen LogP) is 2.57. The molecule has 94 valence electrons. The van der Waals surface area contributed by atoms with Crippen molar-refractivity contribution in [2.75, 3.05) is 6.61 Å². The van der Waals surface area contributed by atoms with E-state index in [2.05, 4.69) is 26.8 Å². The van der Waals surface area contributed by atoms with Gasteiger partial charge in [-0.3, -0.25) is 4.79 Å². The maximum atomic E-state index is 12.3. The molecule has 2 saturated carbocycles. The van der Waals surface area contributed by atoms with Crippen molar-refractivity contribution < 1.29 is 9.90 Å². The molecule has 17 heavy (non-hydrogen) atoms. The summed E-state index contributed by atoms with van der Waals surface area (Å²) in [7, 11) is 0. The van der Waals surface area contributed by atoms with Crippen LogP contribution in [0.1, 0.15) is 40.0 Å². The zero-order valence-electron chi connectivity index (χ0n) is 11.0. The van der Waals surface area contributed by atoms with E-state index >= 15 is 0 Å². The van der Waals surface area contributed by atoms with Gasteiger partial charge >= 0.3 is 0 Å². The van der Waals surface area contributed by atoms with Gasteiger partial charge in [0.05, 0.1) is 6.61 Å². The zero-order chi connectivity index (χ0) is 12.4. The molecule has 0 aliphatic heterocycles. The number of aliphatic hydroxyl groups is 1. The number of Topliss-reactive ketones (excluding diaryl/α,β-unsaturated/α-hetero) is 1. The minimum absolute atomic E-state index is 0.174. The van der Waals surface area contributed by atoms with E-state index in [1.54, 1.807) is 0 Å². The highest BCUT2D eigenvalue weighted by atomic mass is 16.3. The lowest BCUT2D eigenvalue weighted by Gasteiger charge is -2.65. The van der Waals surface area contributed by atoms with Crippen molar-refractivity contribution in [3.8, 4) is 0 Å². The van der Waals surface area contributed by atoms with Crippen molar-refractivity contribution in [3.05, 3.63) is 11.6 Å². The zero-order valence-corrected chi connectivity index (χ0v) is 11.0. The summed E-state index contributed by atoms with van der Waals surface area (Å²) in [4.78, 5) is 12.3. The summed E-state index contributed by atoms with van der Waals surface area (Å²) < 4.78 is 0. The Morgan fingerprint density at radius 3 is 2.76 bits per heavy atom. The van der Waals surface area contributed by atoms with E-state index in [9.17, 15) is 9.90 Å². The van der Waals surface area contributed by atoms with Gasteiger partial charge in [0.25, 0.3) is 0 Å². The molecule has 4 atom stereocenters. The Morgan fingerprint density at radius 2 is 2.12 bits per heavy atom. The van der Waals surface area contributed by atoms with Gasteiger partial charge in [0, 0.05) is 11.8 Å². The molecular formula is C15H22O2.